The molecule has 29 heavy (non-hydrogen) atoms. The van der Waals surface area contributed by atoms with Crippen molar-refractivity contribution in [3.8, 4) is 5.82 Å². The summed E-state index contributed by atoms with van der Waals surface area (Å²) in [6.07, 6.45) is 7.57. The Morgan fingerprint density at radius 1 is 1.28 bits per heavy atom. The molecule has 0 aromatic carbocycles. The minimum Gasteiger partial charge on any atom is -0.368 e. The first-order valence-corrected chi connectivity index (χ1v) is 9.44. The van der Waals surface area contributed by atoms with Crippen LogP contribution in [0, 0.1) is 5.82 Å². The van der Waals surface area contributed by atoms with Crippen molar-refractivity contribution >= 4 is 11.7 Å². The summed E-state index contributed by atoms with van der Waals surface area (Å²) < 4.78 is 15.7. The summed E-state index contributed by atoms with van der Waals surface area (Å²) in [5.41, 5.74) is 0.677. The zero-order valence-corrected chi connectivity index (χ0v) is 16.3. The fourth-order valence-electron chi connectivity index (χ4n) is 3.49. The van der Waals surface area contributed by atoms with Gasteiger partial charge in [-0.25, -0.2) is 9.07 Å². The Balaban J connectivity index is 1.45. The topological polar surface area (TPSA) is 88.8 Å². The lowest BCUT2D eigenvalue weighted by Crippen LogP contribution is -2.42. The van der Waals surface area contributed by atoms with E-state index >= 15 is 0 Å². The normalized spacial score (nSPS) is 14.9. The summed E-state index contributed by atoms with van der Waals surface area (Å²) in [6.45, 7) is 0.540. The van der Waals surface area contributed by atoms with E-state index in [1.165, 1.54) is 21.8 Å². The number of nitrogens with zero attached hydrogens (tertiary/aromatic N) is 6. The number of pyridine rings is 1. The van der Waals surface area contributed by atoms with Crippen LogP contribution in [0.3, 0.4) is 0 Å². The Morgan fingerprint density at radius 3 is 2.72 bits per heavy atom. The highest BCUT2D eigenvalue weighted by Gasteiger charge is 2.41. The summed E-state index contributed by atoms with van der Waals surface area (Å²) in [4.78, 5) is 17.8. The number of hydrogen-bond donors (Lipinski definition) is 1. The summed E-state index contributed by atoms with van der Waals surface area (Å²) >= 11 is 0. The van der Waals surface area contributed by atoms with E-state index in [0.29, 0.717) is 29.4 Å². The molecule has 0 unspecified atom stereocenters. The summed E-state index contributed by atoms with van der Waals surface area (Å²) in [5, 5.41) is 15.8. The molecule has 1 N–H and O–H groups in total. The van der Waals surface area contributed by atoms with Gasteiger partial charge in [0.25, 0.3) is 5.91 Å². The predicted octanol–water partition coefficient (Wildman–Crippen LogP) is 2.43. The number of nitrogens with one attached hydrogen (secondary N) is 1. The van der Waals surface area contributed by atoms with E-state index in [0.717, 1.165) is 19.3 Å². The molecule has 3 aromatic rings. The fourth-order valence-corrected chi connectivity index (χ4v) is 3.49. The molecule has 0 saturated heterocycles. The number of hydrogen-bond acceptors (Lipinski definition) is 6. The van der Waals surface area contributed by atoms with Crippen LogP contribution in [0.5, 0.6) is 0 Å². The highest BCUT2D eigenvalue weighted by atomic mass is 19.1. The van der Waals surface area contributed by atoms with Crippen LogP contribution in [0.15, 0.2) is 42.9 Å². The van der Waals surface area contributed by atoms with E-state index in [-0.39, 0.29) is 17.1 Å². The van der Waals surface area contributed by atoms with Gasteiger partial charge in [0.05, 0.1) is 17.5 Å². The molecule has 0 radical (unpaired) electrons. The van der Waals surface area contributed by atoms with Gasteiger partial charge in [-0.15, -0.1) is 10.2 Å². The summed E-state index contributed by atoms with van der Waals surface area (Å²) in [5.74, 6) is 0.697. The quantitative estimate of drug-likeness (QED) is 0.690. The zero-order chi connectivity index (χ0) is 20.4. The molecule has 1 amide bonds. The lowest BCUT2D eigenvalue weighted by Gasteiger charge is -2.41. The molecule has 0 atom stereocenters. The highest BCUT2D eigenvalue weighted by Crippen LogP contribution is 2.43. The Labute approximate surface area is 167 Å². The van der Waals surface area contributed by atoms with Gasteiger partial charge in [0.2, 0.25) is 0 Å². The Morgan fingerprint density at radius 2 is 2.10 bits per heavy atom. The molecule has 8 nitrogen and oxygen atoms in total. The SMILES string of the molecule is CN(C)C(=O)c1cnn(-c2ccc(NCC3(c4ncccc4F)CCC3)nn2)c1. The van der Waals surface area contributed by atoms with Crippen LogP contribution in [0.25, 0.3) is 5.82 Å². The van der Waals surface area contributed by atoms with Crippen LogP contribution >= 0.6 is 0 Å². The minimum atomic E-state index is -0.310. The van der Waals surface area contributed by atoms with Crippen LogP contribution in [0.2, 0.25) is 0 Å². The molecule has 3 heterocycles. The van der Waals surface area contributed by atoms with E-state index in [1.54, 1.807) is 44.7 Å². The number of carbonyl (C=O) groups excluding carboxylic acids is 1. The van der Waals surface area contributed by atoms with Crippen molar-refractivity contribution in [1.29, 1.82) is 0 Å². The second kappa shape index (κ2) is 7.57. The van der Waals surface area contributed by atoms with Crippen LogP contribution in [0.1, 0.15) is 35.3 Å². The van der Waals surface area contributed by atoms with Gasteiger partial charge in [0.15, 0.2) is 5.82 Å². The van der Waals surface area contributed by atoms with Crippen molar-refractivity contribution < 1.29 is 9.18 Å². The van der Waals surface area contributed by atoms with Crippen molar-refractivity contribution in [1.82, 2.24) is 29.9 Å². The van der Waals surface area contributed by atoms with Crippen LogP contribution in [-0.4, -0.2) is 56.4 Å². The standard InChI is InChI=1S/C20H22FN7O/c1-27(2)19(29)14-11-24-28(12-14)17-7-6-16(25-26-17)23-13-20(8-4-9-20)18-15(21)5-3-10-22-18/h3,5-7,10-12H,4,8-9,13H2,1-2H3,(H,23,25). The maximum Gasteiger partial charge on any atom is 0.256 e. The number of halogens is 1. The van der Waals surface area contributed by atoms with Crippen LogP contribution in [0.4, 0.5) is 10.2 Å². The maximum atomic E-state index is 14.2. The zero-order valence-electron chi connectivity index (χ0n) is 16.3. The third-order valence-corrected chi connectivity index (χ3v) is 5.30. The average molecular weight is 395 g/mol. The minimum absolute atomic E-state index is 0.130. The van der Waals surface area contributed by atoms with Gasteiger partial charge in [-0.1, -0.05) is 6.42 Å². The van der Waals surface area contributed by atoms with Gasteiger partial charge in [-0.05, 0) is 37.1 Å². The highest BCUT2D eigenvalue weighted by molar-refractivity contribution is 5.93. The molecule has 1 fully saturated rings. The largest absolute Gasteiger partial charge is 0.368 e. The Hall–Kier alpha value is -3.36. The number of anilines is 1. The van der Waals surface area contributed by atoms with E-state index in [9.17, 15) is 9.18 Å². The summed E-state index contributed by atoms with van der Waals surface area (Å²) in [6, 6.07) is 6.62. The van der Waals surface area contributed by atoms with Crippen molar-refractivity contribution in [2.24, 2.45) is 0 Å². The molecule has 0 aliphatic heterocycles. The van der Waals surface area contributed by atoms with Crippen molar-refractivity contribution in [2.45, 2.75) is 24.7 Å². The lowest BCUT2D eigenvalue weighted by atomic mass is 9.66. The second-order valence-electron chi connectivity index (χ2n) is 7.47. The first-order valence-electron chi connectivity index (χ1n) is 9.44. The van der Waals surface area contributed by atoms with Crippen molar-refractivity contribution in [2.75, 3.05) is 26.0 Å². The van der Waals surface area contributed by atoms with E-state index in [1.807, 2.05) is 0 Å². The molecule has 1 saturated carbocycles. The monoisotopic (exact) mass is 395 g/mol. The van der Waals surface area contributed by atoms with Gasteiger partial charge >= 0.3 is 0 Å². The molecular formula is C20H22FN7O. The number of rotatable bonds is 6. The average Bonchev–Trinajstić information content (AvgIpc) is 3.18. The first-order chi connectivity index (χ1) is 14.0. The molecule has 9 heteroatoms. The molecule has 3 aromatic heterocycles. The number of aromatic nitrogens is 5. The Kier molecular flexibility index (Phi) is 4.96. The smallest absolute Gasteiger partial charge is 0.256 e. The van der Waals surface area contributed by atoms with E-state index in [2.05, 4.69) is 25.6 Å². The third kappa shape index (κ3) is 3.67. The Bertz CT molecular complexity index is 1010. The third-order valence-electron chi connectivity index (χ3n) is 5.30. The number of carbonyl (C=O) groups is 1. The van der Waals surface area contributed by atoms with E-state index < -0.39 is 0 Å². The van der Waals surface area contributed by atoms with Gasteiger partial charge in [-0.3, -0.25) is 9.78 Å². The number of amides is 1. The van der Waals surface area contributed by atoms with E-state index in [4.69, 9.17) is 0 Å². The molecule has 0 spiro atoms. The predicted molar refractivity (Wildman–Crippen MR) is 105 cm³/mol. The van der Waals surface area contributed by atoms with Gasteiger partial charge in [-0.2, -0.15) is 5.10 Å². The van der Waals surface area contributed by atoms with Crippen LogP contribution < -0.4 is 5.32 Å². The maximum absolute atomic E-state index is 14.2. The van der Waals surface area contributed by atoms with Crippen LogP contribution in [-0.2, 0) is 5.41 Å². The molecule has 1 aliphatic carbocycles. The fraction of sp³-hybridized carbons (Fsp3) is 0.350. The molecular weight excluding hydrogens is 373 g/mol. The van der Waals surface area contributed by atoms with Gasteiger partial charge in [0.1, 0.15) is 11.6 Å². The lowest BCUT2D eigenvalue weighted by molar-refractivity contribution is 0.0827. The molecule has 1 aliphatic rings. The second-order valence-corrected chi connectivity index (χ2v) is 7.47. The molecule has 0 bridgehead atoms. The molecule has 150 valence electrons. The molecule has 4 rings (SSSR count). The summed E-state index contributed by atoms with van der Waals surface area (Å²) in [7, 11) is 3.37. The first kappa shape index (κ1) is 19.0. The van der Waals surface area contributed by atoms with Crippen molar-refractivity contribution in [3.05, 3.63) is 59.9 Å². The van der Waals surface area contributed by atoms with Crippen molar-refractivity contribution in [3.63, 3.8) is 0 Å². The van der Waals surface area contributed by atoms with Gasteiger partial charge in [0, 0.05) is 38.4 Å². The van der Waals surface area contributed by atoms with Gasteiger partial charge < -0.3 is 10.2 Å².